The molecule has 0 aliphatic carbocycles. The molecule has 14 rings (SSSR count). The molecule has 4 aliphatic rings. The van der Waals surface area contributed by atoms with E-state index in [1.54, 1.807) is 18.6 Å². The third-order valence-corrected chi connectivity index (χ3v) is 14.9. The summed E-state index contributed by atoms with van der Waals surface area (Å²) in [5, 5.41) is 44.0. The van der Waals surface area contributed by atoms with Gasteiger partial charge in [0.2, 0.25) is 17.6 Å². The van der Waals surface area contributed by atoms with Crippen molar-refractivity contribution in [3.8, 4) is 28.9 Å². The molecule has 6 aromatic carbocycles. The Morgan fingerprint density at radius 1 is 0.513 bits per heavy atom. The Kier molecular flexibility index (Phi) is 12.2. The first kappa shape index (κ1) is 48.2. The molecule has 0 spiro atoms. The van der Waals surface area contributed by atoms with Crippen molar-refractivity contribution in [1.82, 2.24) is 24.9 Å². The van der Waals surface area contributed by atoms with Gasteiger partial charge in [-0.15, -0.1) is 0 Å². The molecule has 0 saturated carbocycles. The predicted octanol–water partition coefficient (Wildman–Crippen LogP) is 11.3. The lowest BCUT2D eigenvalue weighted by atomic mass is 9.78. The smallest absolute Gasteiger partial charge is 0.494 e. The molecule has 9 N–H and O–H groups in total. The quantitative estimate of drug-likeness (QED) is 0.0741. The SMILES string of the molecule is CC1(C)OB(c2ccc3[nH]c(O)c(C4=NCc5ccccc5N4)c3c2)OC1(C)C.Oc1[nH]c2ccc(-c3cnccn3)cc2c1C1=NCc2ccccc2N1.Oc1[nH]c2ccc(Br)cc2c1C1=NCc2ccccc2N1. The lowest BCUT2D eigenvalue weighted by Crippen LogP contribution is -2.41. The zero-order valence-electron chi connectivity index (χ0n) is 41.8. The molecule has 4 aromatic heterocycles. The summed E-state index contributed by atoms with van der Waals surface area (Å²) < 4.78 is 13.4. The topological polar surface area (TPSA) is 225 Å². The molecular formula is C58H51BBrN11O5. The van der Waals surface area contributed by atoms with E-state index in [1.807, 2.05) is 155 Å². The van der Waals surface area contributed by atoms with Crippen molar-refractivity contribution < 1.29 is 24.6 Å². The van der Waals surface area contributed by atoms with Gasteiger partial charge in [0.25, 0.3) is 0 Å². The van der Waals surface area contributed by atoms with E-state index in [9.17, 15) is 15.3 Å². The van der Waals surface area contributed by atoms with Crippen LogP contribution < -0.4 is 21.4 Å². The number of para-hydroxylation sites is 3. The van der Waals surface area contributed by atoms with Crippen LogP contribution in [0.25, 0.3) is 44.0 Å². The van der Waals surface area contributed by atoms with Gasteiger partial charge in [0.05, 0.1) is 59.4 Å². The summed E-state index contributed by atoms with van der Waals surface area (Å²) in [6.07, 6.45) is 5.03. The van der Waals surface area contributed by atoms with Gasteiger partial charge in [-0.25, -0.2) is 0 Å². The summed E-state index contributed by atoms with van der Waals surface area (Å²) >= 11 is 3.47. The number of nitrogens with zero attached hydrogens (tertiary/aromatic N) is 5. The van der Waals surface area contributed by atoms with E-state index >= 15 is 0 Å². The lowest BCUT2D eigenvalue weighted by Gasteiger charge is -2.32. The second-order valence-electron chi connectivity index (χ2n) is 19.8. The molecule has 0 atom stereocenters. The van der Waals surface area contributed by atoms with Crippen LogP contribution in [0.1, 0.15) is 61.1 Å². The Labute approximate surface area is 445 Å². The Morgan fingerprint density at radius 2 is 0.947 bits per heavy atom. The molecule has 0 unspecified atom stereocenters. The number of hydrogen-bond acceptors (Lipinski definition) is 13. The van der Waals surface area contributed by atoms with Gasteiger partial charge in [0.1, 0.15) is 17.5 Å². The number of aromatic amines is 3. The maximum Gasteiger partial charge on any atom is 0.494 e. The highest BCUT2D eigenvalue weighted by Gasteiger charge is 2.51. The van der Waals surface area contributed by atoms with E-state index < -0.39 is 18.3 Å². The van der Waals surface area contributed by atoms with Gasteiger partial charge in [0.15, 0.2) is 0 Å². The van der Waals surface area contributed by atoms with Crippen LogP contribution in [0.4, 0.5) is 17.1 Å². The van der Waals surface area contributed by atoms with Crippen molar-refractivity contribution in [2.45, 2.75) is 58.5 Å². The average Bonchev–Trinajstić information content (AvgIpc) is 4.18. The predicted molar refractivity (Wildman–Crippen MR) is 305 cm³/mol. The highest BCUT2D eigenvalue weighted by molar-refractivity contribution is 9.10. The number of amidine groups is 3. The number of hydrogen-bond donors (Lipinski definition) is 9. The first-order valence-electron chi connectivity index (χ1n) is 24.8. The van der Waals surface area contributed by atoms with Crippen LogP contribution in [0.5, 0.6) is 17.6 Å². The number of halogens is 1. The number of aromatic nitrogens is 5. The summed E-state index contributed by atoms with van der Waals surface area (Å²) in [6, 6.07) is 41.8. The third-order valence-electron chi connectivity index (χ3n) is 14.5. The molecule has 16 nitrogen and oxygen atoms in total. The van der Waals surface area contributed by atoms with Crippen LogP contribution >= 0.6 is 15.9 Å². The van der Waals surface area contributed by atoms with E-state index in [-0.39, 0.29) is 17.6 Å². The molecule has 18 heteroatoms. The fourth-order valence-electron chi connectivity index (χ4n) is 9.73. The van der Waals surface area contributed by atoms with Gasteiger partial charge in [-0.05, 0) is 104 Å². The Bertz CT molecular complexity index is 3980. The molecule has 8 heterocycles. The monoisotopic (exact) mass is 1070 g/mol. The van der Waals surface area contributed by atoms with Crippen molar-refractivity contribution in [1.29, 1.82) is 0 Å². The Morgan fingerprint density at radius 3 is 1.42 bits per heavy atom. The van der Waals surface area contributed by atoms with Crippen molar-refractivity contribution >= 4 is 95.8 Å². The third kappa shape index (κ3) is 8.99. The highest BCUT2D eigenvalue weighted by Crippen LogP contribution is 2.39. The number of H-pyrrole nitrogens is 3. The van der Waals surface area contributed by atoms with E-state index in [2.05, 4.69) is 71.8 Å². The first-order chi connectivity index (χ1) is 36.8. The molecule has 4 aliphatic heterocycles. The molecule has 0 amide bonds. The largest absolute Gasteiger partial charge is 0.494 e. The number of fused-ring (bicyclic) bond motifs is 6. The maximum absolute atomic E-state index is 10.6. The standard InChI is InChI=1S/C22H24BN3O3.C20H15N5O.C16H12BrN3O/c1-21(2)22(3,4)29-23(28-21)14-9-10-17-15(11-14)18(20(27)26-17)19-24-12-13-7-5-6-8-16(13)25-19;26-20-18(19-23-10-13-3-1-2-4-15(13)24-19)14-9-12(5-6-16(14)25-20)17-11-21-7-8-22-17;17-10-5-6-13-11(7-10)14(16(21)20-13)15-18-8-9-3-1-2-4-12(9)19-15/h5-11,26-27H,12H2,1-4H3,(H,24,25);1-9,11,25-26H,10H2,(H,23,24);1-7,20-21H,8H2,(H,18,19). The number of aromatic hydroxyl groups is 3. The molecular weight excluding hydrogens is 1020 g/mol. The minimum Gasteiger partial charge on any atom is -0.494 e. The van der Waals surface area contributed by atoms with Crippen LogP contribution in [0.2, 0.25) is 0 Å². The number of anilines is 3. The van der Waals surface area contributed by atoms with Crippen molar-refractivity contribution in [3.63, 3.8) is 0 Å². The first-order valence-corrected chi connectivity index (χ1v) is 25.6. The Hall–Kier alpha value is -8.71. The molecule has 76 heavy (non-hydrogen) atoms. The van der Waals surface area contributed by atoms with Crippen molar-refractivity contribution in [3.05, 3.63) is 184 Å². The summed E-state index contributed by atoms with van der Waals surface area (Å²) in [5.41, 5.74) is 12.9. The van der Waals surface area contributed by atoms with Crippen LogP contribution in [0.3, 0.4) is 0 Å². The van der Waals surface area contributed by atoms with Crippen molar-refractivity contribution in [2.75, 3.05) is 16.0 Å². The van der Waals surface area contributed by atoms with Crippen LogP contribution in [0.15, 0.2) is 165 Å². The molecule has 378 valence electrons. The van der Waals surface area contributed by atoms with Gasteiger partial charge < -0.3 is 55.5 Å². The highest BCUT2D eigenvalue weighted by atomic mass is 79.9. The van der Waals surface area contributed by atoms with Gasteiger partial charge in [0, 0.05) is 72.2 Å². The summed E-state index contributed by atoms with van der Waals surface area (Å²) in [7, 11) is -0.462. The minimum absolute atomic E-state index is 0.0942. The van der Waals surface area contributed by atoms with Gasteiger partial charge in [-0.1, -0.05) is 88.7 Å². The average molecular weight is 1070 g/mol. The number of nitrogens with one attached hydrogen (secondary N) is 6. The van der Waals surface area contributed by atoms with E-state index in [1.165, 1.54) is 0 Å². The summed E-state index contributed by atoms with van der Waals surface area (Å²) in [5.74, 6) is 2.32. The number of rotatable bonds is 5. The molecule has 0 radical (unpaired) electrons. The zero-order chi connectivity index (χ0) is 52.3. The van der Waals surface area contributed by atoms with E-state index in [0.717, 1.165) is 87.7 Å². The van der Waals surface area contributed by atoms with E-state index in [0.29, 0.717) is 53.8 Å². The lowest BCUT2D eigenvalue weighted by molar-refractivity contribution is 0.00578. The number of benzene rings is 6. The van der Waals surface area contributed by atoms with E-state index in [4.69, 9.17) is 9.31 Å². The second-order valence-corrected chi connectivity index (χ2v) is 20.7. The normalized spacial score (nSPS) is 15.8. The van der Waals surface area contributed by atoms with Gasteiger partial charge in [-0.3, -0.25) is 24.9 Å². The fourth-order valence-corrected chi connectivity index (χ4v) is 10.1. The summed E-state index contributed by atoms with van der Waals surface area (Å²) in [4.78, 5) is 31.4. The Balaban J connectivity index is 0.000000116. The molecule has 1 saturated heterocycles. The zero-order valence-corrected chi connectivity index (χ0v) is 43.4. The van der Waals surface area contributed by atoms with Crippen molar-refractivity contribution in [2.24, 2.45) is 15.0 Å². The number of aliphatic imine (C=N–C) groups is 3. The minimum atomic E-state index is -0.462. The molecule has 1 fully saturated rings. The van der Waals surface area contributed by atoms with Gasteiger partial charge >= 0.3 is 7.12 Å². The van der Waals surface area contributed by atoms with Gasteiger partial charge in [-0.2, -0.15) is 0 Å². The molecule has 0 bridgehead atoms. The van der Waals surface area contributed by atoms with Crippen LogP contribution in [-0.2, 0) is 28.9 Å². The summed E-state index contributed by atoms with van der Waals surface area (Å²) in [6.45, 7) is 9.91. The van der Waals surface area contributed by atoms with Crippen LogP contribution in [0, 0.1) is 0 Å². The fraction of sp³-hybridized carbons (Fsp3) is 0.155. The second kappa shape index (κ2) is 19.2. The molecule has 10 aromatic rings. The van der Waals surface area contributed by atoms with Crippen LogP contribution in [-0.4, -0.2) is 76.1 Å². The maximum atomic E-state index is 10.6.